The summed E-state index contributed by atoms with van der Waals surface area (Å²) in [4.78, 5) is 16.0. The van der Waals surface area contributed by atoms with Crippen LogP contribution >= 0.6 is 0 Å². The summed E-state index contributed by atoms with van der Waals surface area (Å²) in [5.74, 6) is 0.381. The lowest BCUT2D eigenvalue weighted by molar-refractivity contribution is -0.246. The number of nitroso groups, excluding NO2 is 1. The van der Waals surface area contributed by atoms with Crippen LogP contribution in [0.3, 0.4) is 0 Å². The van der Waals surface area contributed by atoms with Gasteiger partial charge in [-0.25, -0.2) is 0 Å². The molecule has 1 heterocycles. The number of nitrogens with zero attached hydrogens (tertiary/aromatic N) is 2. The highest BCUT2D eigenvalue weighted by atomic mass is 16.7. The van der Waals surface area contributed by atoms with E-state index in [1.807, 2.05) is 0 Å². The summed E-state index contributed by atoms with van der Waals surface area (Å²) in [6.07, 6.45) is 3.03. The third-order valence-electron chi connectivity index (χ3n) is 3.57. The molecule has 16 heavy (non-hydrogen) atoms. The van der Waals surface area contributed by atoms with Gasteiger partial charge in [0.05, 0.1) is 13.7 Å². The molecule has 1 fully saturated rings. The molecule has 0 aromatic heterocycles. The van der Waals surface area contributed by atoms with Crippen LogP contribution in [0, 0.1) is 10.8 Å². The Labute approximate surface area is 98.3 Å². The Hall–Kier alpha value is -0.480. The SMILES string of the molecule is CON1C(C)(C)CCC(CN=O)CC1(C)C. The van der Waals surface area contributed by atoms with Crippen molar-refractivity contribution in [1.82, 2.24) is 5.06 Å². The van der Waals surface area contributed by atoms with Crippen molar-refractivity contribution < 1.29 is 4.84 Å². The Morgan fingerprint density at radius 2 is 1.94 bits per heavy atom. The van der Waals surface area contributed by atoms with Gasteiger partial charge in [0.2, 0.25) is 0 Å². The number of rotatable bonds is 3. The third kappa shape index (κ3) is 2.80. The molecule has 0 amide bonds. The van der Waals surface area contributed by atoms with Crippen LogP contribution in [-0.2, 0) is 4.84 Å². The van der Waals surface area contributed by atoms with Gasteiger partial charge in [-0.2, -0.15) is 9.97 Å². The summed E-state index contributed by atoms with van der Waals surface area (Å²) < 4.78 is 0. The van der Waals surface area contributed by atoms with Crippen molar-refractivity contribution >= 4 is 0 Å². The van der Waals surface area contributed by atoms with E-state index in [0.717, 1.165) is 19.3 Å². The largest absolute Gasteiger partial charge is 0.301 e. The van der Waals surface area contributed by atoms with Crippen LogP contribution in [-0.4, -0.2) is 29.8 Å². The van der Waals surface area contributed by atoms with Crippen molar-refractivity contribution in [2.24, 2.45) is 11.1 Å². The molecule has 0 aromatic carbocycles. The van der Waals surface area contributed by atoms with Crippen LogP contribution < -0.4 is 0 Å². The highest BCUT2D eigenvalue weighted by Crippen LogP contribution is 2.39. The molecule has 1 rings (SSSR count). The van der Waals surface area contributed by atoms with Crippen molar-refractivity contribution in [1.29, 1.82) is 0 Å². The zero-order chi connectivity index (χ0) is 12.4. The Balaban J connectivity index is 2.90. The molecule has 0 aliphatic carbocycles. The maximum atomic E-state index is 10.4. The molecule has 1 aliphatic rings. The molecule has 4 nitrogen and oxygen atoms in total. The molecule has 1 saturated heterocycles. The number of hydrogen-bond acceptors (Lipinski definition) is 4. The molecule has 94 valence electrons. The van der Waals surface area contributed by atoms with Crippen molar-refractivity contribution in [3.63, 3.8) is 0 Å². The maximum absolute atomic E-state index is 10.4. The van der Waals surface area contributed by atoms with Gasteiger partial charge in [0.25, 0.3) is 0 Å². The second kappa shape index (κ2) is 4.80. The first-order valence-corrected chi connectivity index (χ1v) is 5.97. The fourth-order valence-electron chi connectivity index (χ4n) is 3.13. The second-order valence-corrected chi connectivity index (χ2v) is 6.02. The van der Waals surface area contributed by atoms with E-state index in [2.05, 4.69) is 37.9 Å². The first-order chi connectivity index (χ1) is 7.33. The summed E-state index contributed by atoms with van der Waals surface area (Å²) in [6.45, 7) is 9.14. The normalized spacial score (nSPS) is 29.7. The van der Waals surface area contributed by atoms with Gasteiger partial charge in [-0.05, 0) is 52.9 Å². The van der Waals surface area contributed by atoms with Crippen LogP contribution in [0.15, 0.2) is 5.18 Å². The predicted octanol–water partition coefficient (Wildman–Crippen LogP) is 2.97. The first kappa shape index (κ1) is 13.6. The minimum absolute atomic E-state index is 0.00981. The quantitative estimate of drug-likeness (QED) is 0.697. The maximum Gasteiger partial charge on any atom is 0.0840 e. The molecule has 1 atom stereocenters. The van der Waals surface area contributed by atoms with E-state index < -0.39 is 0 Å². The molecule has 4 heteroatoms. The van der Waals surface area contributed by atoms with Crippen molar-refractivity contribution in [3.8, 4) is 0 Å². The van der Waals surface area contributed by atoms with E-state index in [4.69, 9.17) is 4.84 Å². The summed E-state index contributed by atoms with van der Waals surface area (Å²) in [6, 6.07) is 0. The molecule has 0 bridgehead atoms. The highest BCUT2D eigenvalue weighted by Gasteiger charge is 2.42. The lowest BCUT2D eigenvalue weighted by atomic mass is 9.90. The molecule has 0 aromatic rings. The Morgan fingerprint density at radius 1 is 1.31 bits per heavy atom. The number of hydrogen-bond donors (Lipinski definition) is 0. The van der Waals surface area contributed by atoms with E-state index in [1.165, 1.54) is 0 Å². The van der Waals surface area contributed by atoms with Gasteiger partial charge in [-0.1, -0.05) is 5.18 Å². The minimum Gasteiger partial charge on any atom is -0.301 e. The van der Waals surface area contributed by atoms with Gasteiger partial charge in [-0.15, -0.1) is 0 Å². The fourth-order valence-corrected chi connectivity index (χ4v) is 3.13. The lowest BCUT2D eigenvalue weighted by Gasteiger charge is -2.45. The molecule has 0 radical (unpaired) electrons. The van der Waals surface area contributed by atoms with Crippen LogP contribution in [0.25, 0.3) is 0 Å². The van der Waals surface area contributed by atoms with Gasteiger partial charge in [-0.3, -0.25) is 0 Å². The van der Waals surface area contributed by atoms with E-state index in [9.17, 15) is 4.91 Å². The molecular weight excluding hydrogens is 204 g/mol. The predicted molar refractivity (Wildman–Crippen MR) is 65.0 cm³/mol. The van der Waals surface area contributed by atoms with Crippen LogP contribution in [0.1, 0.15) is 47.0 Å². The summed E-state index contributed by atoms with van der Waals surface area (Å²) in [5, 5.41) is 5.13. The average Bonchev–Trinajstić information content (AvgIpc) is 2.21. The van der Waals surface area contributed by atoms with E-state index in [0.29, 0.717) is 12.5 Å². The molecule has 0 spiro atoms. The Morgan fingerprint density at radius 3 is 2.44 bits per heavy atom. The Bertz CT molecular complexity index is 251. The molecule has 1 aliphatic heterocycles. The molecule has 0 saturated carbocycles. The topological polar surface area (TPSA) is 41.9 Å². The van der Waals surface area contributed by atoms with Crippen molar-refractivity contribution in [2.75, 3.05) is 13.7 Å². The molecule has 1 unspecified atom stereocenters. The highest BCUT2D eigenvalue weighted by molar-refractivity contribution is 4.93. The van der Waals surface area contributed by atoms with Crippen LogP contribution in [0.4, 0.5) is 0 Å². The zero-order valence-electron chi connectivity index (χ0n) is 11.1. The van der Waals surface area contributed by atoms with E-state index >= 15 is 0 Å². The lowest BCUT2D eigenvalue weighted by Crippen LogP contribution is -2.53. The van der Waals surface area contributed by atoms with Crippen LogP contribution in [0.5, 0.6) is 0 Å². The standard InChI is InChI=1S/C12H24N2O2/c1-11(2)7-6-10(9-13-15)8-12(3,4)14(11)16-5/h10H,6-9H2,1-5H3. The van der Waals surface area contributed by atoms with Gasteiger partial charge in [0.1, 0.15) is 0 Å². The first-order valence-electron chi connectivity index (χ1n) is 5.97. The second-order valence-electron chi connectivity index (χ2n) is 6.02. The summed E-state index contributed by atoms with van der Waals surface area (Å²) >= 11 is 0. The van der Waals surface area contributed by atoms with Crippen molar-refractivity contribution in [3.05, 3.63) is 4.91 Å². The van der Waals surface area contributed by atoms with E-state index in [1.54, 1.807) is 7.11 Å². The summed E-state index contributed by atoms with van der Waals surface area (Å²) in [7, 11) is 1.72. The van der Waals surface area contributed by atoms with Crippen molar-refractivity contribution in [2.45, 2.75) is 58.0 Å². The van der Waals surface area contributed by atoms with Gasteiger partial charge >= 0.3 is 0 Å². The number of hydroxylamine groups is 2. The van der Waals surface area contributed by atoms with Gasteiger partial charge in [0.15, 0.2) is 0 Å². The zero-order valence-corrected chi connectivity index (χ0v) is 11.1. The molecule has 0 N–H and O–H groups in total. The van der Waals surface area contributed by atoms with E-state index in [-0.39, 0.29) is 11.1 Å². The average molecular weight is 228 g/mol. The third-order valence-corrected chi connectivity index (χ3v) is 3.57. The van der Waals surface area contributed by atoms with Gasteiger partial charge in [0, 0.05) is 11.1 Å². The summed E-state index contributed by atoms with van der Waals surface area (Å²) in [5.41, 5.74) is -0.0417. The van der Waals surface area contributed by atoms with Gasteiger partial charge < -0.3 is 4.84 Å². The minimum atomic E-state index is -0.0515. The smallest absolute Gasteiger partial charge is 0.0840 e. The Kier molecular flexibility index (Phi) is 4.07. The molecular formula is C12H24N2O2. The fraction of sp³-hybridized carbons (Fsp3) is 1.00. The monoisotopic (exact) mass is 228 g/mol. The van der Waals surface area contributed by atoms with Crippen LogP contribution in [0.2, 0.25) is 0 Å².